The monoisotopic (exact) mass is 283 g/mol. The van der Waals surface area contributed by atoms with Crippen molar-refractivity contribution in [1.82, 2.24) is 9.80 Å². The number of nitrogens with two attached hydrogens (primary N) is 1. The molecule has 2 N–H and O–H groups in total. The first-order valence-corrected chi connectivity index (χ1v) is 8.18. The molecule has 1 heterocycles. The zero-order valence-electron chi connectivity index (χ0n) is 13.8. The van der Waals surface area contributed by atoms with Crippen molar-refractivity contribution in [2.45, 2.75) is 65.0 Å². The van der Waals surface area contributed by atoms with Crippen molar-refractivity contribution < 1.29 is 4.79 Å². The van der Waals surface area contributed by atoms with Crippen LogP contribution >= 0.6 is 0 Å². The molecule has 1 aliphatic heterocycles. The van der Waals surface area contributed by atoms with E-state index in [-0.39, 0.29) is 18.0 Å². The van der Waals surface area contributed by atoms with Gasteiger partial charge in [0.1, 0.15) is 0 Å². The Morgan fingerprint density at radius 3 is 2.20 bits per heavy atom. The van der Waals surface area contributed by atoms with E-state index in [1.807, 2.05) is 18.9 Å². The molecule has 1 saturated heterocycles. The van der Waals surface area contributed by atoms with Crippen LogP contribution < -0.4 is 5.73 Å². The number of amides is 1. The summed E-state index contributed by atoms with van der Waals surface area (Å²) in [6.07, 6.45) is 5.93. The second-order valence-electron chi connectivity index (χ2n) is 6.58. The number of carbonyl (C=O) groups is 1. The van der Waals surface area contributed by atoms with Gasteiger partial charge in [0.05, 0.1) is 6.04 Å². The molecule has 0 bridgehead atoms. The number of rotatable bonds is 6. The molecule has 1 fully saturated rings. The number of carbonyl (C=O) groups excluding carboxylic acids is 1. The van der Waals surface area contributed by atoms with Crippen LogP contribution in [-0.4, -0.2) is 54.5 Å². The predicted octanol–water partition coefficient (Wildman–Crippen LogP) is 2.08. The first kappa shape index (κ1) is 17.4. The highest BCUT2D eigenvalue weighted by Crippen LogP contribution is 2.14. The van der Waals surface area contributed by atoms with E-state index in [9.17, 15) is 4.79 Å². The maximum atomic E-state index is 12.5. The third-order valence-corrected chi connectivity index (χ3v) is 4.58. The van der Waals surface area contributed by atoms with Gasteiger partial charge in [0.2, 0.25) is 5.91 Å². The lowest BCUT2D eigenvalue weighted by molar-refractivity contribution is -0.135. The first-order valence-electron chi connectivity index (χ1n) is 8.18. The lowest BCUT2D eigenvalue weighted by atomic mass is 10.0. The lowest BCUT2D eigenvalue weighted by Crippen LogP contribution is -2.47. The summed E-state index contributed by atoms with van der Waals surface area (Å²) < 4.78 is 0. The maximum Gasteiger partial charge on any atom is 0.239 e. The molecule has 0 spiro atoms. The van der Waals surface area contributed by atoms with Crippen molar-refractivity contribution in [3.05, 3.63) is 0 Å². The fraction of sp³-hybridized carbons (Fsp3) is 0.938. The Morgan fingerprint density at radius 2 is 1.70 bits per heavy atom. The van der Waals surface area contributed by atoms with Gasteiger partial charge < -0.3 is 10.6 Å². The predicted molar refractivity (Wildman–Crippen MR) is 84.6 cm³/mol. The molecule has 1 amide bonds. The van der Waals surface area contributed by atoms with Gasteiger partial charge in [-0.15, -0.1) is 0 Å². The Hall–Kier alpha value is -0.610. The minimum atomic E-state index is 0.00775. The van der Waals surface area contributed by atoms with E-state index in [1.165, 1.54) is 25.7 Å². The molecular formula is C16H33N3O. The van der Waals surface area contributed by atoms with Crippen LogP contribution in [0.5, 0.6) is 0 Å². The highest BCUT2D eigenvalue weighted by atomic mass is 16.2. The van der Waals surface area contributed by atoms with E-state index >= 15 is 0 Å². The Balaban J connectivity index is 2.42. The van der Waals surface area contributed by atoms with Gasteiger partial charge in [-0.3, -0.25) is 9.69 Å². The summed E-state index contributed by atoms with van der Waals surface area (Å²) in [5.74, 6) is 0.712. The van der Waals surface area contributed by atoms with E-state index < -0.39 is 0 Å². The molecule has 0 saturated carbocycles. The van der Waals surface area contributed by atoms with Gasteiger partial charge in [0, 0.05) is 19.6 Å². The summed E-state index contributed by atoms with van der Waals surface area (Å²) in [6.45, 7) is 9.19. The van der Waals surface area contributed by atoms with Crippen molar-refractivity contribution in [3.8, 4) is 0 Å². The summed E-state index contributed by atoms with van der Waals surface area (Å²) in [6, 6.07) is 0.187. The van der Waals surface area contributed by atoms with Crippen LogP contribution in [0.1, 0.15) is 52.9 Å². The molecule has 4 heteroatoms. The minimum absolute atomic E-state index is 0.00775. The van der Waals surface area contributed by atoms with Crippen LogP contribution in [0.25, 0.3) is 0 Å². The third kappa shape index (κ3) is 5.41. The molecule has 0 aromatic rings. The maximum absolute atomic E-state index is 12.5. The summed E-state index contributed by atoms with van der Waals surface area (Å²) in [7, 11) is 1.91. The van der Waals surface area contributed by atoms with Crippen molar-refractivity contribution in [2.75, 3.05) is 26.7 Å². The van der Waals surface area contributed by atoms with Gasteiger partial charge in [-0.05, 0) is 45.2 Å². The lowest BCUT2D eigenvalue weighted by Gasteiger charge is -2.30. The number of hydrogen-bond donors (Lipinski definition) is 1. The standard InChI is InChI=1S/C16H33N3O/c1-13(2)15(17)9-12-18(4)16(20)14(3)19-10-7-5-6-8-11-19/h13-15H,5-12,17H2,1-4H3. The van der Waals surface area contributed by atoms with Gasteiger partial charge in [-0.2, -0.15) is 0 Å². The Bertz CT molecular complexity index is 285. The smallest absolute Gasteiger partial charge is 0.239 e. The van der Waals surface area contributed by atoms with Crippen LogP contribution in [0.2, 0.25) is 0 Å². The normalized spacial score (nSPS) is 20.5. The molecule has 0 aromatic heterocycles. The van der Waals surface area contributed by atoms with Crippen molar-refractivity contribution in [1.29, 1.82) is 0 Å². The zero-order chi connectivity index (χ0) is 15.1. The second kappa shape index (κ2) is 8.63. The molecule has 1 aliphatic rings. The topological polar surface area (TPSA) is 49.6 Å². The first-order chi connectivity index (χ1) is 9.43. The second-order valence-corrected chi connectivity index (χ2v) is 6.58. The van der Waals surface area contributed by atoms with Crippen LogP contribution in [0.15, 0.2) is 0 Å². The van der Waals surface area contributed by atoms with Gasteiger partial charge >= 0.3 is 0 Å². The number of hydrogen-bond acceptors (Lipinski definition) is 3. The fourth-order valence-corrected chi connectivity index (χ4v) is 2.74. The van der Waals surface area contributed by atoms with E-state index in [0.29, 0.717) is 5.92 Å². The highest BCUT2D eigenvalue weighted by molar-refractivity contribution is 5.81. The largest absolute Gasteiger partial charge is 0.344 e. The summed E-state index contributed by atoms with van der Waals surface area (Å²) in [5.41, 5.74) is 6.06. The van der Waals surface area contributed by atoms with Crippen LogP contribution in [-0.2, 0) is 4.79 Å². The van der Waals surface area contributed by atoms with Crippen molar-refractivity contribution in [2.24, 2.45) is 11.7 Å². The van der Waals surface area contributed by atoms with Crippen LogP contribution in [0.4, 0.5) is 0 Å². The summed E-state index contributed by atoms with van der Waals surface area (Å²) in [5, 5.41) is 0. The molecule has 1 rings (SSSR count). The molecule has 20 heavy (non-hydrogen) atoms. The molecule has 0 aliphatic carbocycles. The Morgan fingerprint density at radius 1 is 1.15 bits per heavy atom. The third-order valence-electron chi connectivity index (χ3n) is 4.58. The number of nitrogens with zero attached hydrogens (tertiary/aromatic N) is 2. The van der Waals surface area contributed by atoms with E-state index in [1.54, 1.807) is 0 Å². The molecule has 4 nitrogen and oxygen atoms in total. The molecule has 118 valence electrons. The van der Waals surface area contributed by atoms with Gasteiger partial charge in [-0.25, -0.2) is 0 Å². The average molecular weight is 283 g/mol. The summed E-state index contributed by atoms with van der Waals surface area (Å²) in [4.78, 5) is 16.7. The molecule has 2 unspecified atom stereocenters. The Labute approximate surface area is 124 Å². The fourth-order valence-electron chi connectivity index (χ4n) is 2.74. The zero-order valence-corrected chi connectivity index (χ0v) is 13.8. The van der Waals surface area contributed by atoms with Crippen LogP contribution in [0, 0.1) is 5.92 Å². The van der Waals surface area contributed by atoms with Gasteiger partial charge in [0.15, 0.2) is 0 Å². The molecule has 0 aromatic carbocycles. The average Bonchev–Trinajstić information content (AvgIpc) is 2.71. The quantitative estimate of drug-likeness (QED) is 0.812. The number of likely N-dealkylation sites (N-methyl/N-ethyl adjacent to an activating group) is 1. The van der Waals surface area contributed by atoms with Crippen molar-refractivity contribution in [3.63, 3.8) is 0 Å². The highest BCUT2D eigenvalue weighted by Gasteiger charge is 2.24. The Kier molecular flexibility index (Phi) is 7.52. The van der Waals surface area contributed by atoms with Gasteiger partial charge in [-0.1, -0.05) is 26.7 Å². The summed E-state index contributed by atoms with van der Waals surface area (Å²) >= 11 is 0. The van der Waals surface area contributed by atoms with Crippen LogP contribution in [0.3, 0.4) is 0 Å². The van der Waals surface area contributed by atoms with E-state index in [4.69, 9.17) is 5.73 Å². The molecule has 2 atom stereocenters. The molecule has 0 radical (unpaired) electrons. The minimum Gasteiger partial charge on any atom is -0.344 e. The van der Waals surface area contributed by atoms with E-state index in [0.717, 1.165) is 26.1 Å². The SMILES string of the molecule is CC(C)C(N)CCN(C)C(=O)C(C)N1CCCCCC1. The van der Waals surface area contributed by atoms with Gasteiger partial charge in [0.25, 0.3) is 0 Å². The molecular weight excluding hydrogens is 250 g/mol. The van der Waals surface area contributed by atoms with E-state index in [2.05, 4.69) is 18.7 Å². The number of likely N-dealkylation sites (tertiary alicyclic amines) is 1. The van der Waals surface area contributed by atoms with Crippen molar-refractivity contribution >= 4 is 5.91 Å².